The van der Waals surface area contributed by atoms with Gasteiger partial charge in [0.15, 0.2) is 0 Å². The van der Waals surface area contributed by atoms with Crippen molar-refractivity contribution in [3.8, 4) is 6.07 Å². The Kier molecular flexibility index (Phi) is 3.06. The highest BCUT2D eigenvalue weighted by atomic mass is 19.1. The van der Waals surface area contributed by atoms with E-state index in [0.717, 1.165) is 0 Å². The van der Waals surface area contributed by atoms with Gasteiger partial charge in [0.05, 0.1) is 0 Å². The molecule has 0 spiro atoms. The third-order valence-corrected chi connectivity index (χ3v) is 0.632. The van der Waals surface area contributed by atoms with Gasteiger partial charge in [0.1, 0.15) is 18.3 Å². The molecular weight excluding hydrogens is 125 g/mol. The van der Waals surface area contributed by atoms with Gasteiger partial charge in [-0.1, -0.05) is 0 Å². The molecular formula is C5H4FNO2. The number of rotatable bonds is 2. The van der Waals surface area contributed by atoms with Gasteiger partial charge in [-0.25, -0.2) is 9.18 Å². The first-order valence-electron chi connectivity index (χ1n) is 2.12. The topological polar surface area (TPSA) is 61.1 Å². The van der Waals surface area contributed by atoms with Crippen molar-refractivity contribution >= 4 is 5.97 Å². The number of carbonyl (C=O) groups is 1. The number of alkyl halides is 1. The van der Waals surface area contributed by atoms with E-state index in [1.807, 2.05) is 0 Å². The van der Waals surface area contributed by atoms with Crippen LogP contribution in [-0.4, -0.2) is 17.8 Å². The van der Waals surface area contributed by atoms with Crippen molar-refractivity contribution in [2.45, 2.75) is 0 Å². The lowest BCUT2D eigenvalue weighted by molar-refractivity contribution is -0.132. The lowest BCUT2D eigenvalue weighted by Crippen LogP contribution is -1.97. The van der Waals surface area contributed by atoms with Gasteiger partial charge in [0, 0.05) is 0 Å². The van der Waals surface area contributed by atoms with E-state index in [2.05, 4.69) is 0 Å². The number of allylic oxidation sites excluding steroid dienone is 1. The van der Waals surface area contributed by atoms with Crippen molar-refractivity contribution in [3.63, 3.8) is 0 Å². The molecule has 0 aromatic heterocycles. The first-order chi connectivity index (χ1) is 4.22. The highest BCUT2D eigenvalue weighted by molar-refractivity contribution is 5.90. The molecule has 0 saturated carbocycles. The van der Waals surface area contributed by atoms with E-state index in [4.69, 9.17) is 10.4 Å². The minimum absolute atomic E-state index is 0.558. The van der Waals surface area contributed by atoms with Crippen LogP contribution in [0, 0.1) is 11.3 Å². The van der Waals surface area contributed by atoms with Crippen LogP contribution in [0.4, 0.5) is 4.39 Å². The summed E-state index contributed by atoms with van der Waals surface area (Å²) in [6, 6.07) is 1.32. The van der Waals surface area contributed by atoms with E-state index in [1.165, 1.54) is 6.07 Å². The molecule has 0 bridgehead atoms. The number of halogens is 1. The molecule has 0 aliphatic heterocycles. The van der Waals surface area contributed by atoms with Crippen LogP contribution in [-0.2, 0) is 4.79 Å². The second kappa shape index (κ2) is 3.61. The van der Waals surface area contributed by atoms with E-state index in [9.17, 15) is 9.18 Å². The highest BCUT2D eigenvalue weighted by Gasteiger charge is 2.02. The van der Waals surface area contributed by atoms with Gasteiger partial charge in [-0.2, -0.15) is 5.26 Å². The molecule has 4 heteroatoms. The molecule has 0 radical (unpaired) electrons. The van der Waals surface area contributed by atoms with Crippen molar-refractivity contribution in [1.82, 2.24) is 0 Å². The van der Waals surface area contributed by atoms with Gasteiger partial charge >= 0.3 is 5.97 Å². The fourth-order valence-corrected chi connectivity index (χ4v) is 0.258. The summed E-state index contributed by atoms with van der Waals surface area (Å²) >= 11 is 0. The van der Waals surface area contributed by atoms with Crippen molar-refractivity contribution < 1.29 is 14.3 Å². The number of aliphatic carboxylic acids is 1. The van der Waals surface area contributed by atoms with Crippen LogP contribution in [0.25, 0.3) is 0 Å². The van der Waals surface area contributed by atoms with Gasteiger partial charge in [-0.3, -0.25) is 0 Å². The first-order valence-corrected chi connectivity index (χ1v) is 2.12. The maximum Gasteiger partial charge on any atom is 0.346 e. The smallest absolute Gasteiger partial charge is 0.346 e. The van der Waals surface area contributed by atoms with Crippen molar-refractivity contribution in [1.29, 1.82) is 5.26 Å². The SMILES string of the molecule is N#CC(=CCF)C(=O)O. The Balaban J connectivity index is 4.20. The largest absolute Gasteiger partial charge is 0.477 e. The normalized spacial score (nSPS) is 10.4. The number of carboxylic acid groups (broad SMARTS) is 1. The summed E-state index contributed by atoms with van der Waals surface area (Å²) < 4.78 is 11.3. The fraction of sp³-hybridized carbons (Fsp3) is 0.200. The molecule has 0 aliphatic carbocycles. The first kappa shape index (κ1) is 7.63. The Morgan fingerprint density at radius 2 is 2.44 bits per heavy atom. The zero-order valence-corrected chi connectivity index (χ0v) is 4.47. The second-order valence-electron chi connectivity index (χ2n) is 1.19. The quantitative estimate of drug-likeness (QED) is 0.436. The molecule has 0 unspecified atom stereocenters. The fourth-order valence-electron chi connectivity index (χ4n) is 0.258. The molecule has 3 nitrogen and oxygen atoms in total. The van der Waals surface area contributed by atoms with Crippen LogP contribution < -0.4 is 0 Å². The minimum atomic E-state index is -1.39. The van der Waals surface area contributed by atoms with E-state index >= 15 is 0 Å². The Hall–Kier alpha value is -1.37. The van der Waals surface area contributed by atoms with Gasteiger partial charge < -0.3 is 5.11 Å². The Morgan fingerprint density at radius 3 is 2.56 bits per heavy atom. The summed E-state index contributed by atoms with van der Waals surface area (Å²) in [5, 5.41) is 16.0. The lowest BCUT2D eigenvalue weighted by Gasteiger charge is -1.83. The molecule has 48 valence electrons. The predicted octanol–water partition coefficient (Wildman–Crippen LogP) is 0.490. The zero-order valence-electron chi connectivity index (χ0n) is 4.47. The standard InChI is InChI=1S/C5H4FNO2/c6-2-1-4(3-7)5(8)9/h1H,2H2,(H,8,9). The molecule has 0 fully saturated rings. The number of carboxylic acids is 1. The maximum atomic E-state index is 11.3. The molecule has 0 heterocycles. The van der Waals surface area contributed by atoms with Crippen molar-refractivity contribution in [2.75, 3.05) is 6.67 Å². The zero-order chi connectivity index (χ0) is 7.28. The Morgan fingerprint density at radius 1 is 1.89 bits per heavy atom. The van der Waals surface area contributed by atoms with E-state index in [1.54, 1.807) is 0 Å². The molecule has 0 aromatic rings. The average molecular weight is 129 g/mol. The van der Waals surface area contributed by atoms with E-state index < -0.39 is 18.2 Å². The highest BCUT2D eigenvalue weighted by Crippen LogP contribution is 1.90. The summed E-state index contributed by atoms with van der Waals surface area (Å²) in [5.41, 5.74) is -0.558. The molecule has 0 saturated heterocycles. The van der Waals surface area contributed by atoms with Gasteiger partial charge in [0.2, 0.25) is 0 Å². The summed E-state index contributed by atoms with van der Waals surface area (Å²) in [5.74, 6) is -1.39. The summed E-state index contributed by atoms with van der Waals surface area (Å²) in [7, 11) is 0. The molecule has 0 amide bonds. The molecule has 0 aromatic carbocycles. The van der Waals surface area contributed by atoms with Crippen molar-refractivity contribution in [2.24, 2.45) is 0 Å². The number of nitrogens with zero attached hydrogens (tertiary/aromatic N) is 1. The number of nitriles is 1. The van der Waals surface area contributed by atoms with Gasteiger partial charge in [-0.15, -0.1) is 0 Å². The van der Waals surface area contributed by atoms with Crippen LogP contribution in [0.2, 0.25) is 0 Å². The molecule has 0 atom stereocenters. The van der Waals surface area contributed by atoms with E-state index in [0.29, 0.717) is 6.08 Å². The van der Waals surface area contributed by atoms with Gasteiger partial charge in [0.25, 0.3) is 0 Å². The Bertz CT molecular complexity index is 180. The monoisotopic (exact) mass is 129 g/mol. The van der Waals surface area contributed by atoms with Crippen LogP contribution in [0.5, 0.6) is 0 Å². The number of hydrogen-bond acceptors (Lipinski definition) is 2. The van der Waals surface area contributed by atoms with Gasteiger partial charge in [-0.05, 0) is 6.08 Å². The Labute approximate surface area is 51.0 Å². The van der Waals surface area contributed by atoms with E-state index in [-0.39, 0.29) is 0 Å². The lowest BCUT2D eigenvalue weighted by atomic mass is 10.3. The van der Waals surface area contributed by atoms with Crippen LogP contribution in [0.3, 0.4) is 0 Å². The van der Waals surface area contributed by atoms with Crippen LogP contribution >= 0.6 is 0 Å². The van der Waals surface area contributed by atoms with Crippen molar-refractivity contribution in [3.05, 3.63) is 11.6 Å². The molecule has 0 aliphatic rings. The number of hydrogen-bond donors (Lipinski definition) is 1. The van der Waals surface area contributed by atoms with Crippen LogP contribution in [0.15, 0.2) is 11.6 Å². The minimum Gasteiger partial charge on any atom is -0.477 e. The molecule has 9 heavy (non-hydrogen) atoms. The molecule has 1 N–H and O–H groups in total. The predicted molar refractivity (Wildman–Crippen MR) is 27.3 cm³/mol. The average Bonchev–Trinajstić information content (AvgIpc) is 1.82. The third-order valence-electron chi connectivity index (χ3n) is 0.632. The summed E-state index contributed by atoms with van der Waals surface area (Å²) in [4.78, 5) is 9.86. The molecule has 0 rings (SSSR count). The summed E-state index contributed by atoms with van der Waals surface area (Å²) in [6.45, 7) is -0.921. The summed E-state index contributed by atoms with van der Waals surface area (Å²) in [6.07, 6.45) is 0.711. The van der Waals surface area contributed by atoms with Crippen LogP contribution in [0.1, 0.15) is 0 Å². The maximum absolute atomic E-state index is 11.3. The second-order valence-corrected chi connectivity index (χ2v) is 1.19. The third kappa shape index (κ3) is 2.44.